The summed E-state index contributed by atoms with van der Waals surface area (Å²) in [5.74, 6) is 0.910. The zero-order valence-corrected chi connectivity index (χ0v) is 14.2. The third-order valence-corrected chi connectivity index (χ3v) is 5.25. The summed E-state index contributed by atoms with van der Waals surface area (Å²) in [5, 5.41) is 3.74. The van der Waals surface area contributed by atoms with E-state index in [0.29, 0.717) is 12.1 Å². The van der Waals surface area contributed by atoms with E-state index in [-0.39, 0.29) is 0 Å². The van der Waals surface area contributed by atoms with Crippen LogP contribution in [-0.2, 0) is 6.42 Å². The largest absolute Gasteiger partial charge is 0.497 e. The molecule has 0 saturated heterocycles. The van der Waals surface area contributed by atoms with Crippen molar-refractivity contribution in [2.24, 2.45) is 0 Å². The summed E-state index contributed by atoms with van der Waals surface area (Å²) in [5.41, 5.74) is 1.32. The Morgan fingerprint density at radius 1 is 1.10 bits per heavy atom. The summed E-state index contributed by atoms with van der Waals surface area (Å²) in [6.45, 7) is 6.68. The first-order valence-corrected chi connectivity index (χ1v) is 8.48. The molecule has 2 atom stereocenters. The van der Waals surface area contributed by atoms with Crippen molar-refractivity contribution in [3.05, 3.63) is 51.7 Å². The van der Waals surface area contributed by atoms with Gasteiger partial charge in [0.1, 0.15) is 5.75 Å². The maximum absolute atomic E-state index is 5.23. The van der Waals surface area contributed by atoms with Crippen LogP contribution in [0.25, 0.3) is 0 Å². The number of nitrogens with one attached hydrogen (secondary N) is 1. The minimum absolute atomic E-state index is 0.373. The van der Waals surface area contributed by atoms with E-state index in [4.69, 9.17) is 4.74 Å². The number of benzene rings is 1. The van der Waals surface area contributed by atoms with Gasteiger partial charge in [-0.1, -0.05) is 26.0 Å². The van der Waals surface area contributed by atoms with Crippen LogP contribution in [0.15, 0.2) is 36.4 Å². The van der Waals surface area contributed by atoms with Gasteiger partial charge in [-0.05, 0) is 49.6 Å². The molecule has 2 nitrogen and oxygen atoms in total. The van der Waals surface area contributed by atoms with Crippen molar-refractivity contribution in [1.29, 1.82) is 0 Å². The van der Waals surface area contributed by atoms with Gasteiger partial charge in [-0.15, -0.1) is 11.3 Å². The Hall–Kier alpha value is -1.32. The quantitative estimate of drug-likeness (QED) is 0.766. The van der Waals surface area contributed by atoms with Crippen molar-refractivity contribution in [2.45, 2.75) is 45.7 Å². The summed E-state index contributed by atoms with van der Waals surface area (Å²) in [6, 6.07) is 13.6. The molecular formula is C18H25NOS. The molecule has 0 spiro atoms. The number of thiophene rings is 1. The van der Waals surface area contributed by atoms with Crippen LogP contribution in [0.1, 0.15) is 54.6 Å². The van der Waals surface area contributed by atoms with Crippen LogP contribution in [0.3, 0.4) is 0 Å². The fourth-order valence-electron chi connectivity index (χ4n) is 2.49. The Morgan fingerprint density at radius 2 is 1.81 bits per heavy atom. The molecule has 3 heteroatoms. The molecule has 21 heavy (non-hydrogen) atoms. The standard InChI is InChI=1S/C18H25NOS/c1-5-16-11-12-18(21-16)13(3)19-17(6-2)14-7-9-15(20-4)10-8-14/h7-13,17,19H,5-6H2,1-4H3. The lowest BCUT2D eigenvalue weighted by Gasteiger charge is -2.22. The van der Waals surface area contributed by atoms with Gasteiger partial charge >= 0.3 is 0 Å². The highest BCUT2D eigenvalue weighted by molar-refractivity contribution is 7.12. The number of hydrogen-bond acceptors (Lipinski definition) is 3. The van der Waals surface area contributed by atoms with Gasteiger partial charge in [0.15, 0.2) is 0 Å². The van der Waals surface area contributed by atoms with Crippen LogP contribution in [0.5, 0.6) is 5.75 Å². The highest BCUT2D eigenvalue weighted by atomic mass is 32.1. The van der Waals surface area contributed by atoms with E-state index in [1.54, 1.807) is 7.11 Å². The Balaban J connectivity index is 2.06. The van der Waals surface area contributed by atoms with E-state index in [9.17, 15) is 0 Å². The average Bonchev–Trinajstić information content (AvgIpc) is 3.01. The molecule has 0 amide bonds. The summed E-state index contributed by atoms with van der Waals surface area (Å²) in [4.78, 5) is 2.87. The van der Waals surface area contributed by atoms with Crippen LogP contribution in [0, 0.1) is 0 Å². The van der Waals surface area contributed by atoms with Gasteiger partial charge in [-0.25, -0.2) is 0 Å². The molecule has 1 N–H and O–H groups in total. The first-order chi connectivity index (χ1) is 10.2. The van der Waals surface area contributed by atoms with Crippen LogP contribution in [0.4, 0.5) is 0 Å². The Labute approximate surface area is 132 Å². The minimum atomic E-state index is 0.373. The zero-order chi connectivity index (χ0) is 15.2. The SMILES string of the molecule is CCc1ccc(C(C)NC(CC)c2ccc(OC)cc2)s1. The smallest absolute Gasteiger partial charge is 0.118 e. The molecule has 0 radical (unpaired) electrons. The van der Waals surface area contributed by atoms with Gasteiger partial charge in [-0.3, -0.25) is 0 Å². The maximum Gasteiger partial charge on any atom is 0.118 e. The van der Waals surface area contributed by atoms with Gasteiger partial charge < -0.3 is 10.1 Å². The van der Waals surface area contributed by atoms with Crippen molar-refractivity contribution in [2.75, 3.05) is 7.11 Å². The van der Waals surface area contributed by atoms with Crippen LogP contribution >= 0.6 is 11.3 Å². The molecule has 0 aliphatic heterocycles. The van der Waals surface area contributed by atoms with Crippen LogP contribution < -0.4 is 10.1 Å². The maximum atomic E-state index is 5.23. The van der Waals surface area contributed by atoms with Crippen molar-refractivity contribution >= 4 is 11.3 Å². The molecule has 0 aliphatic carbocycles. The molecule has 114 valence electrons. The van der Waals surface area contributed by atoms with Crippen molar-refractivity contribution in [3.63, 3.8) is 0 Å². The number of methoxy groups -OCH3 is 1. The van der Waals surface area contributed by atoms with Crippen molar-refractivity contribution < 1.29 is 4.74 Å². The molecule has 1 heterocycles. The number of ether oxygens (including phenoxy) is 1. The topological polar surface area (TPSA) is 21.3 Å². The summed E-state index contributed by atoms with van der Waals surface area (Å²) < 4.78 is 5.23. The third-order valence-electron chi connectivity index (χ3n) is 3.84. The molecular weight excluding hydrogens is 278 g/mol. The number of aryl methyl sites for hydroxylation is 1. The van der Waals surface area contributed by atoms with E-state index >= 15 is 0 Å². The van der Waals surface area contributed by atoms with Gasteiger partial charge in [0.25, 0.3) is 0 Å². The Kier molecular flexibility index (Phi) is 5.83. The Morgan fingerprint density at radius 3 is 2.33 bits per heavy atom. The second-order valence-electron chi connectivity index (χ2n) is 5.28. The lowest BCUT2D eigenvalue weighted by Crippen LogP contribution is -2.23. The van der Waals surface area contributed by atoms with E-state index < -0.39 is 0 Å². The number of rotatable bonds is 7. The fourth-order valence-corrected chi connectivity index (χ4v) is 3.45. The highest BCUT2D eigenvalue weighted by Gasteiger charge is 2.15. The first kappa shape index (κ1) is 16.1. The van der Waals surface area contributed by atoms with Gasteiger partial charge in [0.05, 0.1) is 7.11 Å². The second kappa shape index (κ2) is 7.62. The van der Waals surface area contributed by atoms with Crippen molar-refractivity contribution in [3.8, 4) is 5.75 Å². The molecule has 0 fully saturated rings. The van der Waals surface area contributed by atoms with E-state index in [0.717, 1.165) is 18.6 Å². The minimum Gasteiger partial charge on any atom is -0.497 e. The molecule has 0 bridgehead atoms. The average molecular weight is 303 g/mol. The zero-order valence-electron chi connectivity index (χ0n) is 13.3. The van der Waals surface area contributed by atoms with Crippen molar-refractivity contribution in [1.82, 2.24) is 5.32 Å². The van der Waals surface area contributed by atoms with E-state index in [2.05, 4.69) is 50.4 Å². The third kappa shape index (κ3) is 4.08. The molecule has 0 aliphatic rings. The highest BCUT2D eigenvalue weighted by Crippen LogP contribution is 2.28. The normalized spacial score (nSPS) is 13.9. The lowest BCUT2D eigenvalue weighted by molar-refractivity contribution is 0.413. The molecule has 2 unspecified atom stereocenters. The predicted molar refractivity (Wildman–Crippen MR) is 91.3 cm³/mol. The van der Waals surface area contributed by atoms with Crippen LogP contribution in [-0.4, -0.2) is 7.11 Å². The molecule has 2 aromatic rings. The predicted octanol–water partition coefficient (Wildman–Crippen LogP) is 5.12. The summed E-state index contributed by atoms with van der Waals surface area (Å²) in [6.07, 6.45) is 2.19. The first-order valence-electron chi connectivity index (χ1n) is 7.66. The second-order valence-corrected chi connectivity index (χ2v) is 6.48. The molecule has 2 rings (SSSR count). The summed E-state index contributed by atoms with van der Waals surface area (Å²) >= 11 is 1.91. The lowest BCUT2D eigenvalue weighted by atomic mass is 10.0. The molecule has 1 aromatic heterocycles. The van der Waals surface area contributed by atoms with Gasteiger partial charge in [0.2, 0.25) is 0 Å². The van der Waals surface area contributed by atoms with E-state index in [1.807, 2.05) is 23.5 Å². The number of hydrogen-bond donors (Lipinski definition) is 1. The monoisotopic (exact) mass is 303 g/mol. The molecule has 1 aromatic carbocycles. The molecule has 0 saturated carbocycles. The fraction of sp³-hybridized carbons (Fsp3) is 0.444. The van der Waals surface area contributed by atoms with Gasteiger partial charge in [0, 0.05) is 21.8 Å². The van der Waals surface area contributed by atoms with Crippen LogP contribution in [0.2, 0.25) is 0 Å². The van der Waals surface area contributed by atoms with Gasteiger partial charge in [-0.2, -0.15) is 0 Å². The Bertz CT molecular complexity index is 547. The summed E-state index contributed by atoms with van der Waals surface area (Å²) in [7, 11) is 1.70. The van der Waals surface area contributed by atoms with E-state index in [1.165, 1.54) is 15.3 Å².